The van der Waals surface area contributed by atoms with E-state index in [2.05, 4.69) is 32.3 Å². The molecular weight excluding hydrogens is 457 g/mol. The molecule has 2 amide bonds. The molecule has 0 spiro atoms. The van der Waals surface area contributed by atoms with Crippen molar-refractivity contribution in [2.45, 2.75) is 82.5 Å². The summed E-state index contributed by atoms with van der Waals surface area (Å²) >= 11 is 0. The van der Waals surface area contributed by atoms with Crippen LogP contribution in [0.1, 0.15) is 63.9 Å². The summed E-state index contributed by atoms with van der Waals surface area (Å²) in [6.07, 6.45) is 8.31. The van der Waals surface area contributed by atoms with Crippen LogP contribution >= 0.6 is 0 Å². The molecule has 5 unspecified atom stereocenters. The van der Waals surface area contributed by atoms with Crippen LogP contribution in [0.4, 0.5) is 4.39 Å². The van der Waals surface area contributed by atoms with Gasteiger partial charge in [0.1, 0.15) is 11.9 Å². The van der Waals surface area contributed by atoms with Gasteiger partial charge in [-0.3, -0.25) is 14.5 Å². The van der Waals surface area contributed by atoms with Crippen molar-refractivity contribution >= 4 is 22.7 Å². The highest BCUT2D eigenvalue weighted by Crippen LogP contribution is 2.43. The Balaban J connectivity index is 1.46. The number of aromatic nitrogens is 1. The smallest absolute Gasteiger partial charge is 0.245 e. The molecular formula is C28H40FN5O2. The average Bonchev–Trinajstić information content (AvgIpc) is 3.60. The number of fused-ring (bicyclic) bond motifs is 2. The molecule has 36 heavy (non-hydrogen) atoms. The molecule has 2 aliphatic heterocycles. The molecule has 2 aromatic rings. The summed E-state index contributed by atoms with van der Waals surface area (Å²) in [6.45, 7) is 6.52. The predicted molar refractivity (Wildman–Crippen MR) is 139 cm³/mol. The molecule has 3 N–H and O–H groups in total. The highest BCUT2D eigenvalue weighted by Gasteiger charge is 2.52. The third-order valence-electron chi connectivity index (χ3n) is 9.01. The Labute approximate surface area is 213 Å². The molecule has 196 valence electrons. The van der Waals surface area contributed by atoms with E-state index in [1.807, 2.05) is 19.2 Å². The molecule has 3 fully saturated rings. The molecule has 1 aromatic carbocycles. The number of rotatable bonds is 7. The largest absolute Gasteiger partial charge is 0.361 e. The normalized spacial score (nSPS) is 26.8. The number of carbonyl (C=O) groups is 2. The van der Waals surface area contributed by atoms with E-state index in [-0.39, 0.29) is 41.6 Å². The highest BCUT2D eigenvalue weighted by molar-refractivity contribution is 5.90. The number of halogens is 1. The van der Waals surface area contributed by atoms with Crippen LogP contribution in [-0.2, 0) is 9.59 Å². The van der Waals surface area contributed by atoms with Gasteiger partial charge in [0.2, 0.25) is 11.8 Å². The molecule has 1 aliphatic carbocycles. The molecule has 3 heterocycles. The van der Waals surface area contributed by atoms with Crippen molar-refractivity contribution < 1.29 is 14.0 Å². The summed E-state index contributed by atoms with van der Waals surface area (Å²) in [4.78, 5) is 35.0. The summed E-state index contributed by atoms with van der Waals surface area (Å²) in [5.41, 5.74) is 1.94. The SMILES string of the molecule is CCN1CC(c2c[nH]c3cc(F)ccc23)C2C1CCN2C(=O)C(NC(=O)C(C)NC)C1CCCCC1. The summed E-state index contributed by atoms with van der Waals surface area (Å²) in [7, 11) is 1.77. The Morgan fingerprint density at radius 2 is 1.97 bits per heavy atom. The van der Waals surface area contributed by atoms with Crippen molar-refractivity contribution in [3.63, 3.8) is 0 Å². The first-order valence-electron chi connectivity index (χ1n) is 13.7. The summed E-state index contributed by atoms with van der Waals surface area (Å²) in [6, 6.07) is 4.42. The third-order valence-corrected chi connectivity index (χ3v) is 9.01. The highest BCUT2D eigenvalue weighted by atomic mass is 19.1. The van der Waals surface area contributed by atoms with Crippen molar-refractivity contribution in [2.75, 3.05) is 26.7 Å². The van der Waals surface area contributed by atoms with Crippen molar-refractivity contribution in [3.05, 3.63) is 35.8 Å². The van der Waals surface area contributed by atoms with E-state index >= 15 is 0 Å². The van der Waals surface area contributed by atoms with Gasteiger partial charge >= 0.3 is 0 Å². The van der Waals surface area contributed by atoms with Gasteiger partial charge in [-0.05, 0) is 69.5 Å². The van der Waals surface area contributed by atoms with Gasteiger partial charge in [-0.15, -0.1) is 0 Å². The van der Waals surface area contributed by atoms with Gasteiger partial charge < -0.3 is 20.5 Å². The number of likely N-dealkylation sites (tertiary alicyclic amines) is 2. The van der Waals surface area contributed by atoms with Crippen molar-refractivity contribution in [3.8, 4) is 0 Å². The van der Waals surface area contributed by atoms with Crippen LogP contribution in [0, 0.1) is 11.7 Å². The van der Waals surface area contributed by atoms with Crippen molar-refractivity contribution in [2.24, 2.45) is 5.92 Å². The number of hydrogen-bond donors (Lipinski definition) is 3. The number of nitrogens with zero attached hydrogens (tertiary/aromatic N) is 2. The van der Waals surface area contributed by atoms with E-state index in [1.165, 1.54) is 18.6 Å². The number of amides is 2. The lowest BCUT2D eigenvalue weighted by Crippen LogP contribution is -2.57. The molecule has 1 saturated carbocycles. The number of nitrogens with one attached hydrogen (secondary N) is 3. The molecule has 0 radical (unpaired) electrons. The Kier molecular flexibility index (Phi) is 7.35. The van der Waals surface area contributed by atoms with Gasteiger partial charge in [-0.2, -0.15) is 0 Å². The van der Waals surface area contributed by atoms with E-state index in [4.69, 9.17) is 0 Å². The Morgan fingerprint density at radius 3 is 2.69 bits per heavy atom. The number of carbonyl (C=O) groups excluding carboxylic acids is 2. The molecule has 1 aromatic heterocycles. The fourth-order valence-electron chi connectivity index (χ4n) is 6.95. The third kappa shape index (κ3) is 4.54. The second kappa shape index (κ2) is 10.5. The zero-order valence-corrected chi connectivity index (χ0v) is 21.7. The lowest BCUT2D eigenvalue weighted by Gasteiger charge is -2.36. The van der Waals surface area contributed by atoms with E-state index in [9.17, 15) is 14.0 Å². The van der Waals surface area contributed by atoms with Gasteiger partial charge in [0, 0.05) is 42.1 Å². The van der Waals surface area contributed by atoms with Gasteiger partial charge in [0.05, 0.1) is 12.1 Å². The monoisotopic (exact) mass is 497 g/mol. The quantitative estimate of drug-likeness (QED) is 0.548. The number of benzene rings is 1. The van der Waals surface area contributed by atoms with Crippen LogP contribution in [0.3, 0.4) is 0 Å². The molecule has 7 nitrogen and oxygen atoms in total. The molecule has 5 rings (SSSR count). The molecule has 8 heteroatoms. The number of likely N-dealkylation sites (N-methyl/N-ethyl adjacent to an activating group) is 2. The van der Waals surface area contributed by atoms with Crippen molar-refractivity contribution in [1.29, 1.82) is 0 Å². The predicted octanol–water partition coefficient (Wildman–Crippen LogP) is 3.37. The second-order valence-corrected chi connectivity index (χ2v) is 10.9. The maximum absolute atomic E-state index is 14.3. The van der Waals surface area contributed by atoms with Crippen LogP contribution in [0.15, 0.2) is 24.4 Å². The Bertz CT molecular complexity index is 1100. The minimum absolute atomic E-state index is 0.0474. The summed E-state index contributed by atoms with van der Waals surface area (Å²) in [5, 5.41) is 7.18. The Morgan fingerprint density at radius 1 is 1.19 bits per heavy atom. The van der Waals surface area contributed by atoms with Crippen LogP contribution in [0.25, 0.3) is 10.9 Å². The number of hydrogen-bond acceptors (Lipinski definition) is 4. The van der Waals surface area contributed by atoms with E-state index in [0.717, 1.165) is 61.7 Å². The number of aromatic amines is 1. The zero-order valence-electron chi connectivity index (χ0n) is 21.7. The standard InChI is InChI=1S/C28H40FN5O2/c1-4-33-16-22(21-15-31-23-14-19(29)10-11-20(21)23)26-24(33)12-13-34(26)28(36)25(18-8-6-5-7-9-18)32-27(35)17(2)30-3/h10-11,14-15,17-18,22,24-26,30-31H,4-9,12-13,16H2,1-3H3,(H,32,35). The molecule has 0 bridgehead atoms. The molecule has 5 atom stereocenters. The summed E-state index contributed by atoms with van der Waals surface area (Å²) in [5.74, 6) is 0.0137. The maximum Gasteiger partial charge on any atom is 0.245 e. The fraction of sp³-hybridized carbons (Fsp3) is 0.643. The second-order valence-electron chi connectivity index (χ2n) is 10.9. The van der Waals surface area contributed by atoms with Gasteiger partial charge in [-0.25, -0.2) is 4.39 Å². The first-order valence-corrected chi connectivity index (χ1v) is 13.7. The average molecular weight is 498 g/mol. The number of H-pyrrole nitrogens is 1. The van der Waals surface area contributed by atoms with Gasteiger partial charge in [0.15, 0.2) is 0 Å². The van der Waals surface area contributed by atoms with Crippen LogP contribution in [-0.4, -0.2) is 77.4 Å². The van der Waals surface area contributed by atoms with E-state index in [1.54, 1.807) is 7.05 Å². The zero-order chi connectivity index (χ0) is 25.4. The first kappa shape index (κ1) is 25.2. The Hall–Kier alpha value is -2.45. The maximum atomic E-state index is 14.3. The van der Waals surface area contributed by atoms with Crippen LogP contribution < -0.4 is 10.6 Å². The van der Waals surface area contributed by atoms with Gasteiger partial charge in [0.25, 0.3) is 0 Å². The van der Waals surface area contributed by atoms with E-state index in [0.29, 0.717) is 12.6 Å². The lowest BCUT2D eigenvalue weighted by molar-refractivity contribution is -0.139. The minimum atomic E-state index is -0.485. The minimum Gasteiger partial charge on any atom is -0.361 e. The first-order chi connectivity index (χ1) is 17.4. The molecule has 2 saturated heterocycles. The van der Waals surface area contributed by atoms with Crippen LogP contribution in [0.2, 0.25) is 0 Å². The fourth-order valence-corrected chi connectivity index (χ4v) is 6.95. The van der Waals surface area contributed by atoms with Gasteiger partial charge in [-0.1, -0.05) is 26.2 Å². The molecule has 3 aliphatic rings. The summed E-state index contributed by atoms with van der Waals surface area (Å²) < 4.78 is 13.9. The van der Waals surface area contributed by atoms with Crippen LogP contribution in [0.5, 0.6) is 0 Å². The topological polar surface area (TPSA) is 80.5 Å². The van der Waals surface area contributed by atoms with E-state index < -0.39 is 6.04 Å². The lowest BCUT2D eigenvalue weighted by atomic mass is 9.82. The van der Waals surface area contributed by atoms with Crippen molar-refractivity contribution in [1.82, 2.24) is 25.4 Å².